The van der Waals surface area contributed by atoms with Gasteiger partial charge in [0.25, 0.3) is 0 Å². The monoisotopic (exact) mass is 394 g/mol. The smallest absolute Gasteiger partial charge is 0.0190 e. The summed E-state index contributed by atoms with van der Waals surface area (Å²) in [5.74, 6) is 1.41. The number of unbranched alkanes of at least 4 members (excludes halogenated alkanes) is 3. The first kappa shape index (κ1) is 24.1. The highest BCUT2D eigenvalue weighted by Crippen LogP contribution is 2.32. The van der Waals surface area contributed by atoms with Gasteiger partial charge < -0.3 is 20.4 Å². The zero-order valence-corrected chi connectivity index (χ0v) is 20.3. The van der Waals surface area contributed by atoms with Crippen molar-refractivity contribution in [2.75, 3.05) is 40.3 Å². The molecule has 2 rings (SSSR count). The molecule has 0 saturated carbocycles. The van der Waals surface area contributed by atoms with Crippen LogP contribution in [-0.2, 0) is 0 Å². The first-order chi connectivity index (χ1) is 13.1. The molecule has 0 radical (unpaired) electrons. The van der Waals surface area contributed by atoms with Gasteiger partial charge in [-0.1, -0.05) is 26.7 Å². The van der Waals surface area contributed by atoms with Crippen LogP contribution in [0.25, 0.3) is 0 Å². The molecule has 0 aromatic rings. The van der Waals surface area contributed by atoms with Crippen LogP contribution in [-0.4, -0.2) is 73.2 Å². The maximum atomic E-state index is 3.86. The van der Waals surface area contributed by atoms with E-state index in [2.05, 4.69) is 76.1 Å². The third-order valence-corrected chi connectivity index (χ3v) is 8.87. The van der Waals surface area contributed by atoms with E-state index in [9.17, 15) is 0 Å². The summed E-state index contributed by atoms with van der Waals surface area (Å²) in [5.41, 5.74) is 0.614. The number of nitrogens with one attached hydrogen (secondary N) is 2. The second-order valence-electron chi connectivity index (χ2n) is 10.8. The lowest BCUT2D eigenvalue weighted by Crippen LogP contribution is -2.59. The fourth-order valence-electron chi connectivity index (χ4n) is 5.16. The third kappa shape index (κ3) is 5.71. The first-order valence-corrected chi connectivity index (χ1v) is 12.0. The van der Waals surface area contributed by atoms with Gasteiger partial charge in [-0.3, -0.25) is 0 Å². The molecule has 0 amide bonds. The highest BCUT2D eigenvalue weighted by Gasteiger charge is 2.40. The summed E-state index contributed by atoms with van der Waals surface area (Å²) in [6.07, 6.45) is 7.92. The number of nitrogens with zero attached hydrogens (tertiary/aromatic N) is 2. The van der Waals surface area contributed by atoms with Crippen LogP contribution in [0.3, 0.4) is 0 Å². The van der Waals surface area contributed by atoms with Crippen molar-refractivity contribution < 1.29 is 0 Å². The molecular formula is C24H50N4. The van der Waals surface area contributed by atoms with Crippen LogP contribution in [0, 0.1) is 11.8 Å². The second-order valence-corrected chi connectivity index (χ2v) is 10.8. The summed E-state index contributed by atoms with van der Waals surface area (Å²) in [5, 5.41) is 7.72. The van der Waals surface area contributed by atoms with Gasteiger partial charge in [-0.25, -0.2) is 0 Å². The molecule has 0 spiro atoms. The van der Waals surface area contributed by atoms with Gasteiger partial charge in [0.05, 0.1) is 0 Å². The molecule has 4 heteroatoms. The average molecular weight is 395 g/mol. The zero-order valence-electron chi connectivity index (χ0n) is 20.3. The fraction of sp³-hybridized carbons (Fsp3) is 1.00. The lowest BCUT2D eigenvalue weighted by molar-refractivity contribution is 0.0294. The lowest BCUT2D eigenvalue weighted by Gasteiger charge is -2.49. The van der Waals surface area contributed by atoms with Gasteiger partial charge in [0.1, 0.15) is 0 Å². The van der Waals surface area contributed by atoms with Gasteiger partial charge in [0, 0.05) is 23.2 Å². The maximum absolute atomic E-state index is 3.86. The Kier molecular flexibility index (Phi) is 8.82. The Bertz CT molecular complexity index is 420. The summed E-state index contributed by atoms with van der Waals surface area (Å²) >= 11 is 0. The molecule has 2 heterocycles. The van der Waals surface area contributed by atoms with Crippen molar-refractivity contribution in [3.63, 3.8) is 0 Å². The molecule has 4 nitrogen and oxygen atoms in total. The van der Waals surface area contributed by atoms with Gasteiger partial charge in [-0.2, -0.15) is 0 Å². The first-order valence-electron chi connectivity index (χ1n) is 12.0. The van der Waals surface area contributed by atoms with Crippen LogP contribution in [0.15, 0.2) is 0 Å². The maximum Gasteiger partial charge on any atom is 0.0190 e. The van der Waals surface area contributed by atoms with Gasteiger partial charge >= 0.3 is 0 Å². The molecule has 4 atom stereocenters. The van der Waals surface area contributed by atoms with Crippen LogP contribution in [0.4, 0.5) is 0 Å². The SMILES string of the molecule is CC1C(NCCCCCCNC2CCN(C)C(C)(C)C2C)CCN(C)C1(C)C. The molecule has 2 saturated heterocycles. The summed E-state index contributed by atoms with van der Waals surface area (Å²) < 4.78 is 0. The minimum Gasteiger partial charge on any atom is -0.314 e. The Balaban J connectivity index is 1.53. The van der Waals surface area contributed by atoms with Crippen LogP contribution < -0.4 is 10.6 Å². The van der Waals surface area contributed by atoms with E-state index in [1.807, 2.05) is 0 Å². The molecule has 0 aliphatic carbocycles. The van der Waals surface area contributed by atoms with Gasteiger partial charge in [-0.05, 0) is 105 Å². The van der Waals surface area contributed by atoms with Gasteiger partial charge in [0.15, 0.2) is 0 Å². The molecule has 0 bridgehead atoms. The molecule has 4 unspecified atom stereocenters. The van der Waals surface area contributed by atoms with E-state index in [0.29, 0.717) is 35.0 Å². The summed E-state index contributed by atoms with van der Waals surface area (Å²) in [7, 11) is 4.54. The molecule has 2 aliphatic heterocycles. The minimum atomic E-state index is 0.307. The summed E-state index contributed by atoms with van der Waals surface area (Å²) in [6, 6.07) is 1.37. The van der Waals surface area contributed by atoms with E-state index in [1.54, 1.807) is 0 Å². The van der Waals surface area contributed by atoms with E-state index in [0.717, 1.165) is 0 Å². The van der Waals surface area contributed by atoms with E-state index < -0.39 is 0 Å². The normalized spacial score (nSPS) is 33.9. The Hall–Kier alpha value is -0.160. The quantitative estimate of drug-likeness (QED) is 0.580. The van der Waals surface area contributed by atoms with Gasteiger partial charge in [0.2, 0.25) is 0 Å². The Morgan fingerprint density at radius 2 is 1.04 bits per heavy atom. The number of hydrogen-bond donors (Lipinski definition) is 2. The van der Waals surface area contributed by atoms with Crippen molar-refractivity contribution in [1.82, 2.24) is 20.4 Å². The largest absolute Gasteiger partial charge is 0.314 e. The molecule has 2 fully saturated rings. The number of rotatable bonds is 9. The van der Waals surface area contributed by atoms with Crippen molar-refractivity contribution in [1.29, 1.82) is 0 Å². The number of likely N-dealkylation sites (tertiary alicyclic amines) is 2. The Labute approximate surface area is 176 Å². The summed E-state index contributed by atoms with van der Waals surface area (Å²) in [4.78, 5) is 5.05. The Morgan fingerprint density at radius 3 is 1.39 bits per heavy atom. The van der Waals surface area contributed by atoms with Crippen LogP contribution in [0.2, 0.25) is 0 Å². The fourth-order valence-corrected chi connectivity index (χ4v) is 5.16. The summed E-state index contributed by atoms with van der Waals surface area (Å²) in [6.45, 7) is 19.2. The highest BCUT2D eigenvalue weighted by atomic mass is 15.2. The number of hydrogen-bond acceptors (Lipinski definition) is 4. The molecule has 166 valence electrons. The van der Waals surface area contributed by atoms with Crippen LogP contribution in [0.5, 0.6) is 0 Å². The van der Waals surface area contributed by atoms with Crippen LogP contribution >= 0.6 is 0 Å². The van der Waals surface area contributed by atoms with Crippen molar-refractivity contribution in [3.8, 4) is 0 Å². The topological polar surface area (TPSA) is 30.5 Å². The minimum absolute atomic E-state index is 0.307. The van der Waals surface area contributed by atoms with Crippen LogP contribution in [0.1, 0.15) is 80.1 Å². The van der Waals surface area contributed by atoms with Crippen molar-refractivity contribution in [2.45, 2.75) is 103 Å². The standard InChI is InChI=1S/C24H50N4/c1-19-21(13-17-27(7)23(19,3)4)25-15-11-9-10-12-16-26-22-14-18-28(8)24(5,6)20(22)2/h19-22,25-26H,9-18H2,1-8H3. The third-order valence-electron chi connectivity index (χ3n) is 8.87. The van der Waals surface area contributed by atoms with E-state index >= 15 is 0 Å². The van der Waals surface area contributed by atoms with E-state index in [-0.39, 0.29) is 0 Å². The van der Waals surface area contributed by atoms with Crippen molar-refractivity contribution in [3.05, 3.63) is 0 Å². The Morgan fingerprint density at radius 1 is 0.679 bits per heavy atom. The van der Waals surface area contributed by atoms with Crippen molar-refractivity contribution >= 4 is 0 Å². The predicted molar refractivity (Wildman–Crippen MR) is 123 cm³/mol. The van der Waals surface area contributed by atoms with Gasteiger partial charge in [-0.15, -0.1) is 0 Å². The lowest BCUT2D eigenvalue weighted by atomic mass is 9.77. The molecule has 28 heavy (non-hydrogen) atoms. The number of piperidine rings is 2. The predicted octanol–water partition coefficient (Wildman–Crippen LogP) is 3.96. The molecule has 2 aliphatic rings. The molecule has 0 aromatic heterocycles. The molecular weight excluding hydrogens is 344 g/mol. The second kappa shape index (κ2) is 10.2. The molecule has 0 aromatic carbocycles. The highest BCUT2D eigenvalue weighted by molar-refractivity contribution is 4.97. The van der Waals surface area contributed by atoms with E-state index in [1.165, 1.54) is 64.7 Å². The molecule has 2 N–H and O–H groups in total. The van der Waals surface area contributed by atoms with Crippen molar-refractivity contribution in [2.24, 2.45) is 11.8 Å². The average Bonchev–Trinajstić information content (AvgIpc) is 2.64. The zero-order chi connectivity index (χ0) is 20.9. The van der Waals surface area contributed by atoms with E-state index in [4.69, 9.17) is 0 Å².